The Labute approximate surface area is 79.6 Å². The highest BCUT2D eigenvalue weighted by Crippen LogP contribution is 2.22. The van der Waals surface area contributed by atoms with Crippen LogP contribution in [0.1, 0.15) is 0 Å². The molecule has 72 valence electrons. The molecule has 1 heterocycles. The number of hydrogen-bond donors (Lipinski definition) is 1. The number of nitrogen functional groups attached to an aromatic ring is 1. The lowest BCUT2D eigenvalue weighted by molar-refractivity contribution is 0.579. The Kier molecular flexibility index (Phi) is 1.96. The number of hydrogen-bond acceptors (Lipinski definition) is 1. The highest BCUT2D eigenvalue weighted by atomic mass is 19.1. The van der Waals surface area contributed by atoms with Gasteiger partial charge < -0.3 is 10.3 Å². The molecule has 0 atom stereocenters. The van der Waals surface area contributed by atoms with Gasteiger partial charge in [0.05, 0.1) is 5.69 Å². The van der Waals surface area contributed by atoms with Gasteiger partial charge in [-0.25, -0.2) is 8.78 Å². The molecule has 2 N–H and O–H groups in total. The van der Waals surface area contributed by atoms with Crippen molar-refractivity contribution < 1.29 is 8.78 Å². The lowest BCUT2D eigenvalue weighted by atomic mass is 10.2. The lowest BCUT2D eigenvalue weighted by Gasteiger charge is -2.08. The van der Waals surface area contributed by atoms with E-state index in [2.05, 4.69) is 0 Å². The van der Waals surface area contributed by atoms with Gasteiger partial charge in [-0.3, -0.25) is 0 Å². The molecule has 0 aliphatic carbocycles. The molecule has 2 aromatic rings. The zero-order valence-corrected chi connectivity index (χ0v) is 7.24. The molecular weight excluding hydrogens is 186 g/mol. The van der Waals surface area contributed by atoms with Gasteiger partial charge in [0.15, 0.2) is 5.82 Å². The van der Waals surface area contributed by atoms with Gasteiger partial charge in [-0.1, -0.05) is 0 Å². The van der Waals surface area contributed by atoms with Crippen molar-refractivity contribution in [3.05, 3.63) is 48.3 Å². The first-order valence-corrected chi connectivity index (χ1v) is 4.06. The summed E-state index contributed by atoms with van der Waals surface area (Å²) in [5.41, 5.74) is 5.77. The Morgan fingerprint density at radius 3 is 2.29 bits per heavy atom. The van der Waals surface area contributed by atoms with Crippen molar-refractivity contribution in [3.8, 4) is 5.69 Å². The van der Waals surface area contributed by atoms with E-state index in [9.17, 15) is 8.78 Å². The zero-order valence-electron chi connectivity index (χ0n) is 7.24. The first-order chi connectivity index (χ1) is 6.68. The van der Waals surface area contributed by atoms with Crippen molar-refractivity contribution in [3.63, 3.8) is 0 Å². The Morgan fingerprint density at radius 2 is 1.71 bits per heavy atom. The van der Waals surface area contributed by atoms with E-state index in [1.165, 1.54) is 4.57 Å². The fraction of sp³-hybridized carbons (Fsp3) is 0. The van der Waals surface area contributed by atoms with E-state index in [0.717, 1.165) is 12.1 Å². The van der Waals surface area contributed by atoms with Crippen molar-refractivity contribution in [2.45, 2.75) is 0 Å². The molecule has 0 fully saturated rings. The molecule has 0 saturated heterocycles. The minimum atomic E-state index is -0.670. The Balaban J connectivity index is 2.64. The number of benzene rings is 1. The predicted molar refractivity (Wildman–Crippen MR) is 50.1 cm³/mol. The zero-order chi connectivity index (χ0) is 10.1. The first-order valence-electron chi connectivity index (χ1n) is 4.06. The van der Waals surface area contributed by atoms with Crippen molar-refractivity contribution in [1.29, 1.82) is 0 Å². The second kappa shape index (κ2) is 3.14. The largest absolute Gasteiger partial charge is 0.397 e. The van der Waals surface area contributed by atoms with Crippen molar-refractivity contribution in [2.75, 3.05) is 5.73 Å². The van der Waals surface area contributed by atoms with Crippen LogP contribution < -0.4 is 5.73 Å². The van der Waals surface area contributed by atoms with Crippen LogP contribution in [0.4, 0.5) is 14.5 Å². The van der Waals surface area contributed by atoms with Gasteiger partial charge in [-0.05, 0) is 18.2 Å². The van der Waals surface area contributed by atoms with Crippen LogP contribution in [0.3, 0.4) is 0 Å². The SMILES string of the molecule is Nc1cc(F)cc(F)c1-n1cccc1. The minimum absolute atomic E-state index is 0.0821. The molecule has 0 amide bonds. The van der Waals surface area contributed by atoms with E-state index >= 15 is 0 Å². The van der Waals surface area contributed by atoms with Crippen molar-refractivity contribution in [1.82, 2.24) is 4.57 Å². The molecular formula is C10H8F2N2. The average molecular weight is 194 g/mol. The van der Waals surface area contributed by atoms with Crippen molar-refractivity contribution >= 4 is 5.69 Å². The van der Waals surface area contributed by atoms with Crippen LogP contribution in [0.5, 0.6) is 0 Å². The number of nitrogens with zero attached hydrogens (tertiary/aromatic N) is 1. The summed E-state index contributed by atoms with van der Waals surface area (Å²) in [6.07, 6.45) is 3.29. The van der Waals surface area contributed by atoms with E-state index < -0.39 is 11.6 Å². The smallest absolute Gasteiger partial charge is 0.152 e. The highest BCUT2D eigenvalue weighted by Gasteiger charge is 2.09. The number of rotatable bonds is 1. The maximum Gasteiger partial charge on any atom is 0.152 e. The molecule has 0 unspecified atom stereocenters. The van der Waals surface area contributed by atoms with Crippen LogP contribution in [-0.4, -0.2) is 4.57 Å². The minimum Gasteiger partial charge on any atom is -0.397 e. The summed E-state index contributed by atoms with van der Waals surface area (Å²) in [6.45, 7) is 0. The molecule has 1 aromatic carbocycles. The van der Waals surface area contributed by atoms with E-state index in [0.29, 0.717) is 0 Å². The second-order valence-corrected chi connectivity index (χ2v) is 2.92. The van der Waals surface area contributed by atoms with Crippen molar-refractivity contribution in [2.24, 2.45) is 0 Å². The van der Waals surface area contributed by atoms with Gasteiger partial charge in [-0.2, -0.15) is 0 Å². The molecule has 0 bridgehead atoms. The summed E-state index contributed by atoms with van der Waals surface area (Å²) >= 11 is 0. The third kappa shape index (κ3) is 1.35. The van der Waals surface area contributed by atoms with Crippen LogP contribution in [0.2, 0.25) is 0 Å². The molecule has 1 aromatic heterocycles. The summed E-state index contributed by atoms with van der Waals surface area (Å²) in [5, 5.41) is 0. The molecule has 2 nitrogen and oxygen atoms in total. The Hall–Kier alpha value is -1.84. The number of nitrogens with two attached hydrogens (primary N) is 1. The lowest BCUT2D eigenvalue weighted by Crippen LogP contribution is -2.01. The average Bonchev–Trinajstić information content (AvgIpc) is 2.54. The monoisotopic (exact) mass is 194 g/mol. The molecule has 2 rings (SSSR count). The van der Waals surface area contributed by atoms with E-state index in [4.69, 9.17) is 5.73 Å². The van der Waals surface area contributed by atoms with E-state index in [1.54, 1.807) is 24.5 Å². The normalized spacial score (nSPS) is 10.4. The quantitative estimate of drug-likeness (QED) is 0.694. The fourth-order valence-electron chi connectivity index (χ4n) is 1.34. The third-order valence-corrected chi connectivity index (χ3v) is 1.92. The van der Waals surface area contributed by atoms with Gasteiger partial charge >= 0.3 is 0 Å². The van der Waals surface area contributed by atoms with E-state index in [-0.39, 0.29) is 11.4 Å². The van der Waals surface area contributed by atoms with Gasteiger partial charge in [0.2, 0.25) is 0 Å². The Morgan fingerprint density at radius 1 is 1.07 bits per heavy atom. The molecule has 0 aliphatic heterocycles. The summed E-state index contributed by atoms with van der Waals surface area (Å²) in [7, 11) is 0. The van der Waals surface area contributed by atoms with Crippen LogP contribution in [-0.2, 0) is 0 Å². The van der Waals surface area contributed by atoms with Crippen LogP contribution >= 0.6 is 0 Å². The standard InChI is InChI=1S/C10H8F2N2/c11-7-5-8(12)10(9(13)6-7)14-3-1-2-4-14/h1-6H,13H2. The summed E-state index contributed by atoms with van der Waals surface area (Å²) in [6, 6.07) is 5.38. The number of halogens is 2. The highest BCUT2D eigenvalue weighted by molar-refractivity contribution is 5.58. The van der Waals surface area contributed by atoms with Gasteiger partial charge in [0.25, 0.3) is 0 Å². The summed E-state index contributed by atoms with van der Waals surface area (Å²) in [5.74, 6) is -1.34. The number of aromatic nitrogens is 1. The predicted octanol–water partition coefficient (Wildman–Crippen LogP) is 2.34. The molecule has 0 spiro atoms. The molecule has 4 heteroatoms. The van der Waals surface area contributed by atoms with Gasteiger partial charge in [0, 0.05) is 18.5 Å². The van der Waals surface area contributed by atoms with E-state index in [1.807, 2.05) is 0 Å². The fourth-order valence-corrected chi connectivity index (χ4v) is 1.34. The molecule has 0 aliphatic rings. The van der Waals surface area contributed by atoms with Gasteiger partial charge in [0.1, 0.15) is 11.5 Å². The van der Waals surface area contributed by atoms with Crippen LogP contribution in [0, 0.1) is 11.6 Å². The molecule has 0 saturated carbocycles. The number of anilines is 1. The Bertz CT molecular complexity index is 426. The maximum atomic E-state index is 13.3. The summed E-state index contributed by atoms with van der Waals surface area (Å²) < 4.78 is 27.6. The van der Waals surface area contributed by atoms with Crippen LogP contribution in [0.15, 0.2) is 36.7 Å². The first kappa shape index (κ1) is 8.74. The molecule has 14 heavy (non-hydrogen) atoms. The summed E-state index contributed by atoms with van der Waals surface area (Å²) in [4.78, 5) is 0. The third-order valence-electron chi connectivity index (χ3n) is 1.92. The maximum absolute atomic E-state index is 13.3. The van der Waals surface area contributed by atoms with Crippen LogP contribution in [0.25, 0.3) is 5.69 Å². The molecule has 0 radical (unpaired) electrons. The van der Waals surface area contributed by atoms with Gasteiger partial charge in [-0.15, -0.1) is 0 Å². The second-order valence-electron chi connectivity index (χ2n) is 2.92. The topological polar surface area (TPSA) is 30.9 Å².